The van der Waals surface area contributed by atoms with Gasteiger partial charge in [0.2, 0.25) is 0 Å². The molecule has 12 aromatic rings. The van der Waals surface area contributed by atoms with Gasteiger partial charge in [0, 0.05) is 69.4 Å². The monoisotopic (exact) mass is 680 g/mol. The summed E-state index contributed by atoms with van der Waals surface area (Å²) in [7, 11) is 0. The summed E-state index contributed by atoms with van der Waals surface area (Å²) in [6, 6.07) is 61.5. The fourth-order valence-electron chi connectivity index (χ4n) is 8.79. The van der Waals surface area contributed by atoms with Gasteiger partial charge in [-0.2, -0.15) is 0 Å². The molecule has 0 saturated heterocycles. The van der Waals surface area contributed by atoms with Gasteiger partial charge >= 0.3 is 0 Å². The van der Waals surface area contributed by atoms with Crippen LogP contribution in [0.2, 0.25) is 0 Å². The Morgan fingerprint density at radius 2 is 0.962 bits per heavy atom. The quantitative estimate of drug-likeness (QED) is 0.182. The van der Waals surface area contributed by atoms with Crippen molar-refractivity contribution in [1.82, 2.24) is 9.13 Å². The Bertz CT molecular complexity index is 3410. The fourth-order valence-corrected chi connectivity index (χ4v) is 9.92. The third kappa shape index (κ3) is 3.74. The molecule has 0 radical (unpaired) electrons. The Morgan fingerprint density at radius 3 is 1.73 bits per heavy atom. The van der Waals surface area contributed by atoms with Crippen LogP contribution in [0.4, 0.5) is 0 Å². The molecule has 52 heavy (non-hydrogen) atoms. The molecule has 0 unspecified atom stereocenters. The van der Waals surface area contributed by atoms with Gasteiger partial charge in [0.25, 0.3) is 0 Å². The number of furan rings is 1. The number of rotatable bonds is 3. The van der Waals surface area contributed by atoms with Crippen LogP contribution in [0.15, 0.2) is 174 Å². The minimum atomic E-state index is 0.891. The predicted molar refractivity (Wildman–Crippen MR) is 221 cm³/mol. The smallest absolute Gasteiger partial charge is 0.143 e. The molecule has 0 amide bonds. The number of para-hydroxylation sites is 4. The van der Waals surface area contributed by atoms with Crippen molar-refractivity contribution in [3.8, 4) is 22.5 Å². The molecular formula is C48H28N2OS. The van der Waals surface area contributed by atoms with Crippen LogP contribution in [0, 0.1) is 0 Å². The second-order valence-electron chi connectivity index (χ2n) is 13.6. The molecule has 242 valence electrons. The number of fused-ring (bicyclic) bond motifs is 13. The fraction of sp³-hybridized carbons (Fsp3) is 0. The lowest BCUT2D eigenvalue weighted by Gasteiger charge is -2.09. The number of hydrogen-bond donors (Lipinski definition) is 0. The molecule has 0 atom stereocenters. The van der Waals surface area contributed by atoms with Crippen LogP contribution in [0.1, 0.15) is 0 Å². The zero-order chi connectivity index (χ0) is 33.9. The highest BCUT2D eigenvalue weighted by atomic mass is 32.1. The maximum absolute atomic E-state index is 6.76. The molecule has 0 aliphatic rings. The maximum atomic E-state index is 6.76. The first-order valence-corrected chi connectivity index (χ1v) is 18.5. The van der Waals surface area contributed by atoms with Crippen LogP contribution < -0.4 is 0 Å². The summed E-state index contributed by atoms with van der Waals surface area (Å²) in [6.07, 6.45) is 0. The number of benzene rings is 8. The van der Waals surface area contributed by atoms with E-state index in [1.54, 1.807) is 0 Å². The molecule has 3 nitrogen and oxygen atoms in total. The number of aromatic nitrogens is 2. The molecule has 0 bridgehead atoms. The Balaban J connectivity index is 1.12. The molecular weight excluding hydrogens is 653 g/mol. The Morgan fingerprint density at radius 1 is 0.365 bits per heavy atom. The third-order valence-electron chi connectivity index (χ3n) is 10.9. The molecule has 12 rings (SSSR count). The van der Waals surface area contributed by atoms with Crippen molar-refractivity contribution in [1.29, 1.82) is 0 Å². The van der Waals surface area contributed by atoms with E-state index in [1.807, 2.05) is 11.3 Å². The lowest BCUT2D eigenvalue weighted by molar-refractivity contribution is 0.670. The van der Waals surface area contributed by atoms with Gasteiger partial charge in [-0.15, -0.1) is 11.3 Å². The molecule has 4 heteroatoms. The molecule has 0 aliphatic carbocycles. The van der Waals surface area contributed by atoms with Gasteiger partial charge in [-0.1, -0.05) is 103 Å². The van der Waals surface area contributed by atoms with Crippen LogP contribution in [0.25, 0.3) is 108 Å². The SMILES string of the molecule is c1ccc(-n2c3ccccc3c3c4c5ccccc5n(-c5ccc6oc7c(-c8cccc9sc%10ccccc%10c89)cccc7c6c5)c4ccc32)cc1. The predicted octanol–water partition coefficient (Wildman–Crippen LogP) is 13.8. The van der Waals surface area contributed by atoms with Crippen LogP contribution in [-0.4, -0.2) is 9.13 Å². The van der Waals surface area contributed by atoms with Crippen molar-refractivity contribution in [3.05, 3.63) is 170 Å². The summed E-state index contributed by atoms with van der Waals surface area (Å²) >= 11 is 1.85. The third-order valence-corrected chi connectivity index (χ3v) is 12.1. The summed E-state index contributed by atoms with van der Waals surface area (Å²) in [6.45, 7) is 0. The van der Waals surface area contributed by atoms with Gasteiger partial charge in [-0.05, 0) is 72.3 Å². The van der Waals surface area contributed by atoms with Gasteiger partial charge in [0.15, 0.2) is 0 Å². The van der Waals surface area contributed by atoms with Crippen molar-refractivity contribution < 1.29 is 4.42 Å². The van der Waals surface area contributed by atoms with E-state index in [4.69, 9.17) is 4.42 Å². The minimum Gasteiger partial charge on any atom is -0.455 e. The highest BCUT2D eigenvalue weighted by Gasteiger charge is 2.22. The maximum Gasteiger partial charge on any atom is 0.143 e. The summed E-state index contributed by atoms with van der Waals surface area (Å²) in [5.41, 5.74) is 11.2. The van der Waals surface area contributed by atoms with Gasteiger partial charge in [0.1, 0.15) is 11.2 Å². The molecule has 0 fully saturated rings. The first kappa shape index (κ1) is 28.1. The van der Waals surface area contributed by atoms with Gasteiger partial charge in [-0.25, -0.2) is 0 Å². The molecule has 0 aliphatic heterocycles. The first-order chi connectivity index (χ1) is 25.8. The van der Waals surface area contributed by atoms with Crippen molar-refractivity contribution >= 4 is 97.1 Å². The van der Waals surface area contributed by atoms with Crippen molar-refractivity contribution in [3.63, 3.8) is 0 Å². The summed E-state index contributed by atoms with van der Waals surface area (Å²) < 4.78 is 14.2. The van der Waals surface area contributed by atoms with Gasteiger partial charge < -0.3 is 13.6 Å². The van der Waals surface area contributed by atoms with Crippen LogP contribution in [-0.2, 0) is 0 Å². The first-order valence-electron chi connectivity index (χ1n) is 17.7. The van der Waals surface area contributed by atoms with Gasteiger partial charge in [-0.3, -0.25) is 0 Å². The molecule has 0 saturated carbocycles. The van der Waals surface area contributed by atoms with E-state index in [0.717, 1.165) is 38.9 Å². The summed E-state index contributed by atoms with van der Waals surface area (Å²) in [4.78, 5) is 0. The van der Waals surface area contributed by atoms with E-state index in [0.29, 0.717) is 0 Å². The number of hydrogen-bond acceptors (Lipinski definition) is 2. The number of thiophene rings is 1. The van der Waals surface area contributed by atoms with Crippen molar-refractivity contribution in [2.75, 3.05) is 0 Å². The van der Waals surface area contributed by atoms with Gasteiger partial charge in [0.05, 0.1) is 22.1 Å². The molecule has 0 spiro atoms. The Kier molecular flexibility index (Phi) is 5.65. The zero-order valence-corrected chi connectivity index (χ0v) is 28.7. The van der Waals surface area contributed by atoms with E-state index >= 15 is 0 Å². The average molecular weight is 681 g/mol. The van der Waals surface area contributed by atoms with Crippen LogP contribution >= 0.6 is 11.3 Å². The van der Waals surface area contributed by atoms with Crippen LogP contribution in [0.5, 0.6) is 0 Å². The zero-order valence-electron chi connectivity index (χ0n) is 27.9. The van der Waals surface area contributed by atoms with Crippen LogP contribution in [0.3, 0.4) is 0 Å². The Labute approximate surface area is 301 Å². The highest BCUT2D eigenvalue weighted by molar-refractivity contribution is 7.25. The number of nitrogens with zero attached hydrogens (tertiary/aromatic N) is 2. The standard InChI is InChI=1S/C48H28N2OS/c1-2-12-29(13-3-1)49-38-20-7-4-14-34(38)46-40(49)25-26-41-47(46)35-15-5-8-21-39(35)50(41)30-24-27-42-37(28-30)33-19-10-18-32(48(33)51-42)31-17-11-23-44-45(31)36-16-6-9-22-43(36)52-44/h1-28H. The van der Waals surface area contributed by atoms with E-state index in [-0.39, 0.29) is 0 Å². The lowest BCUT2D eigenvalue weighted by atomic mass is 9.97. The highest BCUT2D eigenvalue weighted by Crippen LogP contribution is 2.45. The van der Waals surface area contributed by atoms with E-state index in [9.17, 15) is 0 Å². The normalized spacial score (nSPS) is 12.2. The second kappa shape index (κ2) is 10.5. The van der Waals surface area contributed by atoms with Crippen molar-refractivity contribution in [2.24, 2.45) is 0 Å². The summed E-state index contributed by atoms with van der Waals surface area (Å²) in [5.74, 6) is 0. The van der Waals surface area contributed by atoms with E-state index in [2.05, 4.69) is 179 Å². The largest absolute Gasteiger partial charge is 0.455 e. The lowest BCUT2D eigenvalue weighted by Crippen LogP contribution is -1.94. The second-order valence-corrected chi connectivity index (χ2v) is 14.7. The molecule has 0 N–H and O–H groups in total. The molecule has 4 heterocycles. The Hall–Kier alpha value is -6.62. The summed E-state index contributed by atoms with van der Waals surface area (Å²) in [5, 5.41) is 9.88. The van der Waals surface area contributed by atoms with E-state index < -0.39 is 0 Å². The van der Waals surface area contributed by atoms with E-state index in [1.165, 1.54) is 69.3 Å². The molecule has 4 aromatic heterocycles. The minimum absolute atomic E-state index is 0.891. The average Bonchev–Trinajstić information content (AvgIpc) is 3.95. The van der Waals surface area contributed by atoms with Crippen molar-refractivity contribution in [2.45, 2.75) is 0 Å². The topological polar surface area (TPSA) is 23.0 Å². The molecule has 8 aromatic carbocycles.